The van der Waals surface area contributed by atoms with E-state index in [1.54, 1.807) is 22.7 Å². The molecule has 0 radical (unpaired) electrons. The van der Waals surface area contributed by atoms with Gasteiger partial charge in [-0.2, -0.15) is 0 Å². The van der Waals surface area contributed by atoms with E-state index in [9.17, 15) is 4.79 Å². The quantitative estimate of drug-likeness (QED) is 0.453. The van der Waals surface area contributed by atoms with Crippen LogP contribution in [0.5, 0.6) is 0 Å². The molecule has 0 amide bonds. The van der Waals surface area contributed by atoms with Crippen molar-refractivity contribution >= 4 is 34.4 Å². The first-order valence-corrected chi connectivity index (χ1v) is 10.1. The highest BCUT2D eigenvalue weighted by molar-refractivity contribution is 7.16. The fraction of sp³-hybridized carbons (Fsp3) is 0.444. The van der Waals surface area contributed by atoms with Gasteiger partial charge in [0.15, 0.2) is 0 Å². The van der Waals surface area contributed by atoms with Crippen LogP contribution in [0.1, 0.15) is 28.2 Å². The molecule has 1 atom stereocenters. The van der Waals surface area contributed by atoms with Gasteiger partial charge in [0, 0.05) is 13.1 Å². The summed E-state index contributed by atoms with van der Waals surface area (Å²) < 4.78 is 0. The van der Waals surface area contributed by atoms with Gasteiger partial charge in [0.05, 0.1) is 15.7 Å². The van der Waals surface area contributed by atoms with Crippen molar-refractivity contribution in [2.75, 3.05) is 26.2 Å². The molecule has 0 aliphatic carbocycles. The minimum Gasteiger partial charge on any atom is -0.481 e. The monoisotopic (exact) mass is 378 g/mol. The van der Waals surface area contributed by atoms with Gasteiger partial charge in [-0.15, -0.1) is 22.7 Å². The van der Waals surface area contributed by atoms with Crippen molar-refractivity contribution in [2.24, 2.45) is 11.1 Å². The van der Waals surface area contributed by atoms with E-state index in [2.05, 4.69) is 28.4 Å². The van der Waals surface area contributed by atoms with Crippen molar-refractivity contribution in [2.45, 2.75) is 19.8 Å². The second kappa shape index (κ2) is 8.60. The van der Waals surface area contributed by atoms with E-state index < -0.39 is 5.97 Å². The Kier molecular flexibility index (Phi) is 6.23. The molecule has 0 saturated carbocycles. The first-order chi connectivity index (χ1) is 12.1. The molecule has 2 aromatic heterocycles. The Morgan fingerprint density at radius 3 is 2.96 bits per heavy atom. The minimum absolute atomic E-state index is 0.257. The summed E-state index contributed by atoms with van der Waals surface area (Å²) >= 11 is 3.31. The molecular weight excluding hydrogens is 356 g/mol. The standard InChI is InChI=1S/C18H22N2O3S2/c1-13-6-11-25-17(13)16(15-5-3-10-24-15)19-23-9-8-20-7-2-4-14(12-20)18(21)22/h3,5-6,10-11,14H,2,4,7-9,12H2,1H3,(H,21,22)/t14-/m1/s1. The van der Waals surface area contributed by atoms with Crippen molar-refractivity contribution in [3.63, 3.8) is 0 Å². The average molecular weight is 379 g/mol. The van der Waals surface area contributed by atoms with Crippen molar-refractivity contribution in [1.82, 2.24) is 4.90 Å². The van der Waals surface area contributed by atoms with Crippen molar-refractivity contribution in [3.8, 4) is 0 Å². The zero-order valence-electron chi connectivity index (χ0n) is 14.2. The van der Waals surface area contributed by atoms with Crippen LogP contribution < -0.4 is 0 Å². The number of hydrogen-bond donors (Lipinski definition) is 1. The van der Waals surface area contributed by atoms with Crippen LogP contribution in [0, 0.1) is 12.8 Å². The molecule has 134 valence electrons. The number of piperidine rings is 1. The smallest absolute Gasteiger partial charge is 0.307 e. The molecule has 1 N–H and O–H groups in total. The van der Waals surface area contributed by atoms with Crippen molar-refractivity contribution < 1.29 is 14.7 Å². The lowest BCUT2D eigenvalue weighted by Gasteiger charge is -2.29. The molecule has 0 bridgehead atoms. The number of carbonyl (C=O) groups is 1. The number of rotatable bonds is 7. The van der Waals surface area contributed by atoms with Crippen LogP contribution in [0.3, 0.4) is 0 Å². The molecule has 3 heterocycles. The van der Waals surface area contributed by atoms with Crippen molar-refractivity contribution in [3.05, 3.63) is 44.3 Å². The Bertz CT molecular complexity index is 725. The first kappa shape index (κ1) is 18.1. The van der Waals surface area contributed by atoms with E-state index in [0.29, 0.717) is 19.7 Å². The van der Waals surface area contributed by atoms with Gasteiger partial charge in [-0.3, -0.25) is 9.69 Å². The maximum absolute atomic E-state index is 11.1. The van der Waals surface area contributed by atoms with E-state index in [-0.39, 0.29) is 5.92 Å². The molecule has 7 heteroatoms. The highest BCUT2D eigenvalue weighted by Gasteiger charge is 2.25. The number of carboxylic acid groups (broad SMARTS) is 1. The average Bonchev–Trinajstić information content (AvgIpc) is 3.27. The molecule has 1 fully saturated rings. The summed E-state index contributed by atoms with van der Waals surface area (Å²) in [5, 5.41) is 17.7. The Labute approximate surface area is 155 Å². The third-order valence-electron chi connectivity index (χ3n) is 4.34. The molecule has 25 heavy (non-hydrogen) atoms. The zero-order chi connectivity index (χ0) is 17.6. The fourth-order valence-electron chi connectivity index (χ4n) is 2.97. The van der Waals surface area contributed by atoms with E-state index in [1.807, 2.05) is 17.5 Å². The molecule has 5 nitrogen and oxygen atoms in total. The number of aliphatic carboxylic acids is 1. The summed E-state index contributed by atoms with van der Waals surface area (Å²) in [6.45, 7) is 4.78. The topological polar surface area (TPSA) is 62.1 Å². The number of oxime groups is 1. The second-order valence-corrected chi connectivity index (χ2v) is 8.02. The summed E-state index contributed by atoms with van der Waals surface area (Å²) in [5.74, 6) is -0.954. The Balaban J connectivity index is 1.59. The molecule has 2 aromatic rings. The predicted octanol–water partition coefficient (Wildman–Crippen LogP) is 3.68. The van der Waals surface area contributed by atoms with Crippen LogP contribution in [0.25, 0.3) is 0 Å². The van der Waals surface area contributed by atoms with Crippen LogP contribution in [0.2, 0.25) is 0 Å². The SMILES string of the molecule is Cc1ccsc1C(=NOCCN1CCC[C@@H](C(=O)O)C1)c1cccs1. The maximum Gasteiger partial charge on any atom is 0.307 e. The summed E-state index contributed by atoms with van der Waals surface area (Å²) in [6, 6.07) is 6.15. The molecule has 1 aliphatic rings. The lowest BCUT2D eigenvalue weighted by molar-refractivity contribution is -0.143. The summed E-state index contributed by atoms with van der Waals surface area (Å²) in [4.78, 5) is 21.1. The van der Waals surface area contributed by atoms with Crippen LogP contribution in [0.15, 0.2) is 34.1 Å². The lowest BCUT2D eigenvalue weighted by Crippen LogP contribution is -2.40. The third kappa shape index (κ3) is 4.68. The van der Waals surface area contributed by atoms with Gasteiger partial charge in [-0.1, -0.05) is 11.2 Å². The minimum atomic E-state index is -0.697. The Morgan fingerprint density at radius 1 is 1.40 bits per heavy atom. The van der Waals surface area contributed by atoms with Crippen LogP contribution in [-0.4, -0.2) is 47.9 Å². The summed E-state index contributed by atoms with van der Waals surface area (Å²) in [5.41, 5.74) is 2.07. The molecule has 1 aliphatic heterocycles. The van der Waals surface area contributed by atoms with Gasteiger partial charge >= 0.3 is 5.97 Å². The lowest BCUT2D eigenvalue weighted by atomic mass is 9.98. The van der Waals surface area contributed by atoms with E-state index in [0.717, 1.165) is 34.9 Å². The number of aryl methyl sites for hydroxylation is 1. The van der Waals surface area contributed by atoms with Crippen LogP contribution in [-0.2, 0) is 9.63 Å². The van der Waals surface area contributed by atoms with Gasteiger partial charge in [0.25, 0.3) is 0 Å². The van der Waals surface area contributed by atoms with Gasteiger partial charge in [-0.25, -0.2) is 0 Å². The molecule has 0 aromatic carbocycles. The van der Waals surface area contributed by atoms with Crippen molar-refractivity contribution in [1.29, 1.82) is 0 Å². The molecule has 3 rings (SSSR count). The Hall–Kier alpha value is -1.70. The van der Waals surface area contributed by atoms with Crippen LogP contribution in [0.4, 0.5) is 0 Å². The molecule has 0 spiro atoms. The van der Waals surface area contributed by atoms with E-state index in [1.165, 1.54) is 5.56 Å². The molecule has 0 unspecified atom stereocenters. The number of thiophene rings is 2. The fourth-order valence-corrected chi connectivity index (χ4v) is 4.66. The van der Waals surface area contributed by atoms with Gasteiger partial charge in [0.2, 0.25) is 0 Å². The number of hydrogen-bond acceptors (Lipinski definition) is 6. The zero-order valence-corrected chi connectivity index (χ0v) is 15.8. The van der Waals surface area contributed by atoms with Gasteiger partial charge in [-0.05, 0) is 54.8 Å². The highest BCUT2D eigenvalue weighted by Crippen LogP contribution is 2.23. The second-order valence-electron chi connectivity index (χ2n) is 6.16. The number of likely N-dealkylation sites (tertiary alicyclic amines) is 1. The number of carboxylic acids is 1. The van der Waals surface area contributed by atoms with Crippen LogP contribution >= 0.6 is 22.7 Å². The van der Waals surface area contributed by atoms with Gasteiger partial charge < -0.3 is 9.94 Å². The highest BCUT2D eigenvalue weighted by atomic mass is 32.1. The normalized spacial score (nSPS) is 19.1. The maximum atomic E-state index is 11.1. The van der Waals surface area contributed by atoms with Gasteiger partial charge in [0.1, 0.15) is 12.3 Å². The summed E-state index contributed by atoms with van der Waals surface area (Å²) in [7, 11) is 0. The largest absolute Gasteiger partial charge is 0.481 e. The Morgan fingerprint density at radius 2 is 2.28 bits per heavy atom. The predicted molar refractivity (Wildman–Crippen MR) is 102 cm³/mol. The van der Waals surface area contributed by atoms with E-state index in [4.69, 9.17) is 9.94 Å². The third-order valence-corrected chi connectivity index (χ3v) is 6.24. The molecule has 1 saturated heterocycles. The number of nitrogens with zero attached hydrogens (tertiary/aromatic N) is 2. The summed E-state index contributed by atoms with van der Waals surface area (Å²) in [6.07, 6.45) is 1.69. The molecular formula is C18H22N2O3S2. The van der Waals surface area contributed by atoms with E-state index >= 15 is 0 Å². The first-order valence-electron chi connectivity index (χ1n) is 8.38.